The molecule has 0 bridgehead atoms. The Morgan fingerprint density at radius 3 is 2.80 bits per heavy atom. The highest BCUT2D eigenvalue weighted by molar-refractivity contribution is 5.72. The van der Waals surface area contributed by atoms with E-state index in [0.29, 0.717) is 6.54 Å². The van der Waals surface area contributed by atoms with Gasteiger partial charge in [-0.15, -0.1) is 0 Å². The van der Waals surface area contributed by atoms with Crippen LogP contribution in [0.1, 0.15) is 12.5 Å². The first kappa shape index (κ1) is 11.6. The number of benzene rings is 1. The van der Waals surface area contributed by atoms with Gasteiger partial charge in [0.25, 0.3) is 0 Å². The summed E-state index contributed by atoms with van der Waals surface area (Å²) in [7, 11) is 2.02. The fourth-order valence-corrected chi connectivity index (χ4v) is 1.39. The quantitative estimate of drug-likeness (QED) is 0.811. The molecule has 0 saturated carbocycles. The van der Waals surface area contributed by atoms with E-state index < -0.39 is 0 Å². The number of carbonyl (C=O) groups excluding carboxylic acids is 1. The molecule has 0 aromatic heterocycles. The van der Waals surface area contributed by atoms with Gasteiger partial charge in [-0.25, -0.2) is 0 Å². The highest BCUT2D eigenvalue weighted by Crippen LogP contribution is 2.13. The van der Waals surface area contributed by atoms with E-state index >= 15 is 0 Å². The van der Waals surface area contributed by atoms with Crippen LogP contribution in [0.15, 0.2) is 24.3 Å². The number of nitrogens with one attached hydrogen (secondary N) is 1. The number of hydrogen-bond donors (Lipinski definition) is 1. The van der Waals surface area contributed by atoms with Crippen molar-refractivity contribution in [1.29, 1.82) is 0 Å². The molecule has 0 atom stereocenters. The van der Waals surface area contributed by atoms with Gasteiger partial charge < -0.3 is 10.2 Å². The summed E-state index contributed by atoms with van der Waals surface area (Å²) in [5.41, 5.74) is 2.43. The molecule has 0 fully saturated rings. The Morgan fingerprint density at radius 1 is 1.47 bits per heavy atom. The first-order chi connectivity index (χ1) is 7.09. The lowest BCUT2D eigenvalue weighted by Crippen LogP contribution is -2.31. The molecule has 3 heteroatoms. The van der Waals surface area contributed by atoms with E-state index in [-0.39, 0.29) is 5.91 Å². The summed E-state index contributed by atoms with van der Waals surface area (Å²) >= 11 is 0. The summed E-state index contributed by atoms with van der Waals surface area (Å²) in [6.45, 7) is 5.11. The van der Waals surface area contributed by atoms with E-state index in [2.05, 4.69) is 35.3 Å². The van der Waals surface area contributed by atoms with Crippen molar-refractivity contribution in [2.45, 2.75) is 13.8 Å². The van der Waals surface area contributed by atoms with E-state index in [4.69, 9.17) is 0 Å². The molecule has 0 saturated heterocycles. The molecule has 1 aromatic carbocycles. The van der Waals surface area contributed by atoms with Gasteiger partial charge in [0, 0.05) is 32.7 Å². The molecule has 0 unspecified atom stereocenters. The van der Waals surface area contributed by atoms with E-state index in [0.717, 1.165) is 6.54 Å². The summed E-state index contributed by atoms with van der Waals surface area (Å²) in [6, 6.07) is 8.32. The molecule has 0 spiro atoms. The molecule has 3 nitrogen and oxygen atoms in total. The summed E-state index contributed by atoms with van der Waals surface area (Å²) in [5, 5.41) is 2.78. The van der Waals surface area contributed by atoms with Crippen LogP contribution in [0.25, 0.3) is 0 Å². The van der Waals surface area contributed by atoms with Crippen molar-refractivity contribution < 1.29 is 4.79 Å². The average molecular weight is 206 g/mol. The van der Waals surface area contributed by atoms with Crippen LogP contribution in [0.5, 0.6) is 0 Å². The smallest absolute Gasteiger partial charge is 0.216 e. The Balaban J connectivity index is 2.46. The fraction of sp³-hybridized carbons (Fsp3) is 0.417. The Bertz CT molecular complexity index is 336. The Kier molecular flexibility index (Phi) is 4.16. The van der Waals surface area contributed by atoms with Crippen LogP contribution >= 0.6 is 0 Å². The zero-order valence-electron chi connectivity index (χ0n) is 9.58. The van der Waals surface area contributed by atoms with Gasteiger partial charge in [-0.3, -0.25) is 4.79 Å². The molecule has 0 radical (unpaired) electrons. The van der Waals surface area contributed by atoms with E-state index in [9.17, 15) is 4.79 Å². The zero-order chi connectivity index (χ0) is 11.3. The second-order valence-electron chi connectivity index (χ2n) is 3.74. The molecule has 15 heavy (non-hydrogen) atoms. The minimum Gasteiger partial charge on any atom is -0.373 e. The van der Waals surface area contributed by atoms with Crippen LogP contribution in [0, 0.1) is 6.92 Å². The number of anilines is 1. The molecule has 1 aromatic rings. The summed E-state index contributed by atoms with van der Waals surface area (Å²) < 4.78 is 0. The van der Waals surface area contributed by atoms with Gasteiger partial charge in [-0.1, -0.05) is 12.1 Å². The number of amides is 1. The van der Waals surface area contributed by atoms with E-state index in [1.807, 2.05) is 13.1 Å². The Hall–Kier alpha value is -1.51. The minimum absolute atomic E-state index is 0.0210. The minimum atomic E-state index is 0.0210. The van der Waals surface area contributed by atoms with Crippen LogP contribution in [0.4, 0.5) is 5.69 Å². The van der Waals surface area contributed by atoms with Crippen LogP contribution in [0.2, 0.25) is 0 Å². The molecule has 1 rings (SSSR count). The second-order valence-corrected chi connectivity index (χ2v) is 3.74. The van der Waals surface area contributed by atoms with Gasteiger partial charge in [-0.05, 0) is 24.6 Å². The number of likely N-dealkylation sites (N-methyl/N-ethyl adjacent to an activating group) is 1. The highest BCUT2D eigenvalue weighted by Gasteiger charge is 2.00. The van der Waals surface area contributed by atoms with Gasteiger partial charge in [0.2, 0.25) is 5.91 Å². The molecule has 1 N–H and O–H groups in total. The zero-order valence-corrected chi connectivity index (χ0v) is 9.58. The van der Waals surface area contributed by atoms with Gasteiger partial charge in [0.15, 0.2) is 0 Å². The maximum absolute atomic E-state index is 10.7. The Morgan fingerprint density at radius 2 is 2.20 bits per heavy atom. The SMILES string of the molecule is CC(=O)NCCN(C)c1cccc(C)c1. The molecular weight excluding hydrogens is 188 g/mol. The lowest BCUT2D eigenvalue weighted by molar-refractivity contribution is -0.118. The van der Waals surface area contributed by atoms with Crippen molar-refractivity contribution in [2.24, 2.45) is 0 Å². The van der Waals surface area contributed by atoms with Crippen molar-refractivity contribution in [1.82, 2.24) is 5.32 Å². The van der Waals surface area contributed by atoms with Crippen LogP contribution in [-0.4, -0.2) is 26.0 Å². The largest absolute Gasteiger partial charge is 0.373 e. The summed E-state index contributed by atoms with van der Waals surface area (Å²) in [4.78, 5) is 12.8. The predicted molar refractivity (Wildman–Crippen MR) is 63.1 cm³/mol. The molecule has 0 aliphatic carbocycles. The van der Waals surface area contributed by atoms with E-state index in [1.54, 1.807) is 0 Å². The van der Waals surface area contributed by atoms with Crippen molar-refractivity contribution in [3.05, 3.63) is 29.8 Å². The third-order valence-electron chi connectivity index (χ3n) is 2.26. The van der Waals surface area contributed by atoms with Gasteiger partial charge in [-0.2, -0.15) is 0 Å². The molecule has 1 amide bonds. The van der Waals surface area contributed by atoms with Crippen LogP contribution < -0.4 is 10.2 Å². The monoisotopic (exact) mass is 206 g/mol. The fourth-order valence-electron chi connectivity index (χ4n) is 1.39. The van der Waals surface area contributed by atoms with Crippen molar-refractivity contribution in [2.75, 3.05) is 25.0 Å². The predicted octanol–water partition coefficient (Wildman–Crippen LogP) is 1.57. The van der Waals surface area contributed by atoms with Gasteiger partial charge in [0.1, 0.15) is 0 Å². The summed E-state index contributed by atoms with van der Waals surface area (Å²) in [6.07, 6.45) is 0. The molecule has 0 aliphatic heterocycles. The number of carbonyl (C=O) groups is 1. The molecule has 0 aliphatic rings. The molecular formula is C12H18N2O. The van der Waals surface area contributed by atoms with Crippen LogP contribution in [0.3, 0.4) is 0 Å². The van der Waals surface area contributed by atoms with E-state index in [1.165, 1.54) is 18.2 Å². The summed E-state index contributed by atoms with van der Waals surface area (Å²) in [5.74, 6) is 0.0210. The maximum Gasteiger partial charge on any atom is 0.216 e. The Labute approximate surface area is 91.1 Å². The van der Waals surface area contributed by atoms with Crippen molar-refractivity contribution >= 4 is 11.6 Å². The molecule has 0 heterocycles. The van der Waals surface area contributed by atoms with Gasteiger partial charge in [0.05, 0.1) is 0 Å². The number of rotatable bonds is 4. The maximum atomic E-state index is 10.7. The standard InChI is InChI=1S/C12H18N2O/c1-10-5-4-6-12(9-10)14(3)8-7-13-11(2)15/h4-6,9H,7-8H2,1-3H3,(H,13,15). The molecule has 82 valence electrons. The van der Waals surface area contributed by atoms with Crippen molar-refractivity contribution in [3.8, 4) is 0 Å². The topological polar surface area (TPSA) is 32.3 Å². The third kappa shape index (κ3) is 4.02. The first-order valence-electron chi connectivity index (χ1n) is 5.12. The normalized spacial score (nSPS) is 9.80. The van der Waals surface area contributed by atoms with Crippen LogP contribution in [-0.2, 0) is 4.79 Å². The number of aryl methyl sites for hydroxylation is 1. The van der Waals surface area contributed by atoms with Gasteiger partial charge >= 0.3 is 0 Å². The second kappa shape index (κ2) is 5.39. The highest BCUT2D eigenvalue weighted by atomic mass is 16.1. The lowest BCUT2D eigenvalue weighted by Gasteiger charge is -2.19. The third-order valence-corrected chi connectivity index (χ3v) is 2.26. The average Bonchev–Trinajstić information content (AvgIpc) is 2.17. The number of nitrogens with zero attached hydrogens (tertiary/aromatic N) is 1. The lowest BCUT2D eigenvalue weighted by atomic mass is 10.2. The number of hydrogen-bond acceptors (Lipinski definition) is 2. The van der Waals surface area contributed by atoms with Crippen molar-refractivity contribution in [3.63, 3.8) is 0 Å². The first-order valence-corrected chi connectivity index (χ1v) is 5.12.